The number of hydrogen-bond acceptors (Lipinski definition) is 1. The third-order valence-electron chi connectivity index (χ3n) is 6.15. The molecule has 4 heteroatoms. The highest BCUT2D eigenvalue weighted by Gasteiger charge is 2.27. The van der Waals surface area contributed by atoms with Gasteiger partial charge in [-0.25, -0.2) is 0 Å². The van der Waals surface area contributed by atoms with Gasteiger partial charge in [-0.1, -0.05) is 61.2 Å². The fourth-order valence-corrected chi connectivity index (χ4v) is 4.69. The summed E-state index contributed by atoms with van der Waals surface area (Å²) in [5, 5.41) is 0.750. The first kappa shape index (κ1) is 20.7. The van der Waals surface area contributed by atoms with Crippen LogP contribution < -0.4 is 0 Å². The van der Waals surface area contributed by atoms with Gasteiger partial charge in [-0.3, -0.25) is 4.79 Å². The summed E-state index contributed by atoms with van der Waals surface area (Å²) < 4.78 is 2.23. The van der Waals surface area contributed by atoms with E-state index in [4.69, 9.17) is 11.6 Å². The Labute approximate surface area is 184 Å². The van der Waals surface area contributed by atoms with Crippen molar-refractivity contribution < 1.29 is 4.79 Å². The number of carbonyl (C=O) groups is 1. The Morgan fingerprint density at radius 2 is 1.83 bits per heavy atom. The molecule has 0 aliphatic heterocycles. The van der Waals surface area contributed by atoms with E-state index in [1.54, 1.807) is 0 Å². The minimum atomic E-state index is 0.149. The van der Waals surface area contributed by atoms with E-state index in [9.17, 15) is 4.79 Å². The zero-order valence-corrected chi connectivity index (χ0v) is 18.3. The zero-order valence-electron chi connectivity index (χ0n) is 17.6. The molecule has 0 radical (unpaired) electrons. The summed E-state index contributed by atoms with van der Waals surface area (Å²) in [4.78, 5) is 15.7. The molecule has 1 saturated carbocycles. The molecule has 0 atom stereocenters. The number of carbonyl (C=O) groups excluding carboxylic acids is 1. The van der Waals surface area contributed by atoms with Crippen molar-refractivity contribution >= 4 is 17.5 Å². The van der Waals surface area contributed by atoms with Crippen LogP contribution in [0.3, 0.4) is 0 Å². The van der Waals surface area contributed by atoms with Crippen LogP contribution in [-0.2, 0) is 13.1 Å². The van der Waals surface area contributed by atoms with Gasteiger partial charge < -0.3 is 9.47 Å². The van der Waals surface area contributed by atoms with Crippen molar-refractivity contribution in [2.24, 2.45) is 0 Å². The number of nitrogens with zero attached hydrogens (tertiary/aromatic N) is 2. The fraction of sp³-hybridized carbons (Fsp3) is 0.346. The van der Waals surface area contributed by atoms with Crippen molar-refractivity contribution in [1.29, 1.82) is 0 Å². The van der Waals surface area contributed by atoms with E-state index in [0.717, 1.165) is 46.8 Å². The number of hydrogen-bond donors (Lipinski definition) is 0. The minimum absolute atomic E-state index is 0.149. The summed E-state index contributed by atoms with van der Waals surface area (Å²) in [6.45, 7) is 3.40. The van der Waals surface area contributed by atoms with Crippen molar-refractivity contribution in [2.75, 3.05) is 0 Å². The van der Waals surface area contributed by atoms with Crippen LogP contribution in [0.5, 0.6) is 0 Å². The molecule has 156 valence electrons. The van der Waals surface area contributed by atoms with Crippen molar-refractivity contribution in [3.05, 3.63) is 94.3 Å². The largest absolute Gasteiger partial charge is 0.345 e. The Hall–Kier alpha value is -2.52. The van der Waals surface area contributed by atoms with E-state index < -0.39 is 0 Å². The normalized spacial score (nSPS) is 14.6. The monoisotopic (exact) mass is 420 g/mol. The molecule has 0 N–H and O–H groups in total. The number of aromatic nitrogens is 1. The summed E-state index contributed by atoms with van der Waals surface area (Å²) in [5.74, 6) is 0.149. The molecule has 3 nitrogen and oxygen atoms in total. The summed E-state index contributed by atoms with van der Waals surface area (Å²) in [5.41, 5.74) is 4.17. The summed E-state index contributed by atoms with van der Waals surface area (Å²) in [7, 11) is 0. The van der Waals surface area contributed by atoms with Gasteiger partial charge in [0.25, 0.3) is 5.91 Å². The minimum Gasteiger partial charge on any atom is -0.345 e. The molecule has 4 rings (SSSR count). The van der Waals surface area contributed by atoms with E-state index in [1.165, 1.54) is 19.3 Å². The van der Waals surface area contributed by atoms with E-state index in [1.807, 2.05) is 49.4 Å². The maximum atomic E-state index is 13.6. The predicted octanol–water partition coefficient (Wildman–Crippen LogP) is 6.47. The lowest BCUT2D eigenvalue weighted by Crippen LogP contribution is -2.41. The molecule has 0 bridgehead atoms. The highest BCUT2D eigenvalue weighted by atomic mass is 35.5. The standard InChI is InChI=1S/C26H29ClN2O/c1-20-9-5-6-15-25(20)26(30)29(23-12-3-2-4-13-23)19-24-14-8-16-28(24)18-21-10-7-11-22(27)17-21/h5-11,14-17,23H,2-4,12-13,18-19H2,1H3. The maximum absolute atomic E-state index is 13.6. The van der Waals surface area contributed by atoms with Crippen LogP contribution in [0, 0.1) is 6.92 Å². The molecular weight excluding hydrogens is 392 g/mol. The summed E-state index contributed by atoms with van der Waals surface area (Å²) in [6, 6.07) is 20.4. The molecule has 3 aromatic rings. The first-order valence-electron chi connectivity index (χ1n) is 10.9. The number of rotatable bonds is 6. The smallest absolute Gasteiger partial charge is 0.254 e. The molecule has 1 heterocycles. The van der Waals surface area contributed by atoms with Gasteiger partial charge in [-0.05, 0) is 61.2 Å². The average Bonchev–Trinajstić information content (AvgIpc) is 3.19. The molecule has 1 aliphatic rings. The van der Waals surface area contributed by atoms with Crippen LogP contribution in [0.4, 0.5) is 0 Å². The van der Waals surface area contributed by atoms with E-state index in [0.29, 0.717) is 12.6 Å². The third-order valence-corrected chi connectivity index (χ3v) is 6.38. The quantitative estimate of drug-likeness (QED) is 0.448. The number of aryl methyl sites for hydroxylation is 1. The van der Waals surface area contributed by atoms with Gasteiger partial charge in [0, 0.05) is 35.1 Å². The van der Waals surface area contributed by atoms with Crippen LogP contribution >= 0.6 is 11.6 Å². The Bertz CT molecular complexity index is 1000. The topological polar surface area (TPSA) is 25.2 Å². The Morgan fingerprint density at radius 3 is 2.60 bits per heavy atom. The lowest BCUT2D eigenvalue weighted by atomic mass is 9.93. The van der Waals surface area contributed by atoms with Crippen LogP contribution in [0.1, 0.15) is 59.3 Å². The highest BCUT2D eigenvalue weighted by Crippen LogP contribution is 2.27. The van der Waals surface area contributed by atoms with Crippen molar-refractivity contribution in [1.82, 2.24) is 9.47 Å². The van der Waals surface area contributed by atoms with Crippen molar-refractivity contribution in [3.63, 3.8) is 0 Å². The summed E-state index contributed by atoms with van der Waals surface area (Å²) >= 11 is 6.17. The lowest BCUT2D eigenvalue weighted by Gasteiger charge is -2.35. The SMILES string of the molecule is Cc1ccccc1C(=O)N(Cc1cccn1Cc1cccc(Cl)c1)C1CCCCC1. The first-order valence-corrected chi connectivity index (χ1v) is 11.2. The molecule has 1 amide bonds. The number of halogens is 1. The van der Waals surface area contributed by atoms with Gasteiger partial charge >= 0.3 is 0 Å². The predicted molar refractivity (Wildman–Crippen MR) is 123 cm³/mol. The fourth-order valence-electron chi connectivity index (χ4n) is 4.48. The molecule has 1 fully saturated rings. The molecule has 0 saturated heterocycles. The summed E-state index contributed by atoms with van der Waals surface area (Å²) in [6.07, 6.45) is 7.94. The first-order chi connectivity index (χ1) is 14.6. The van der Waals surface area contributed by atoms with Crippen LogP contribution in [0.15, 0.2) is 66.9 Å². The molecule has 2 aromatic carbocycles. The lowest BCUT2D eigenvalue weighted by molar-refractivity contribution is 0.0608. The molecule has 1 aliphatic carbocycles. The Morgan fingerprint density at radius 1 is 1.03 bits per heavy atom. The van der Waals surface area contributed by atoms with Gasteiger partial charge in [-0.15, -0.1) is 0 Å². The van der Waals surface area contributed by atoms with Gasteiger partial charge in [0.05, 0.1) is 6.54 Å². The zero-order chi connectivity index (χ0) is 20.9. The van der Waals surface area contributed by atoms with E-state index >= 15 is 0 Å². The average molecular weight is 421 g/mol. The van der Waals surface area contributed by atoms with Crippen LogP contribution in [0.25, 0.3) is 0 Å². The second kappa shape index (κ2) is 9.53. The molecule has 30 heavy (non-hydrogen) atoms. The van der Waals surface area contributed by atoms with Crippen LogP contribution in [-0.4, -0.2) is 21.4 Å². The van der Waals surface area contributed by atoms with Gasteiger partial charge in [0.15, 0.2) is 0 Å². The van der Waals surface area contributed by atoms with Gasteiger partial charge in [0.1, 0.15) is 0 Å². The highest BCUT2D eigenvalue weighted by molar-refractivity contribution is 6.30. The van der Waals surface area contributed by atoms with Gasteiger partial charge in [-0.2, -0.15) is 0 Å². The number of benzene rings is 2. The van der Waals surface area contributed by atoms with E-state index in [-0.39, 0.29) is 5.91 Å². The van der Waals surface area contributed by atoms with E-state index in [2.05, 4.69) is 33.9 Å². The Balaban J connectivity index is 1.60. The van der Waals surface area contributed by atoms with Crippen LogP contribution in [0.2, 0.25) is 5.02 Å². The molecule has 0 spiro atoms. The second-order valence-electron chi connectivity index (χ2n) is 8.30. The third kappa shape index (κ3) is 4.79. The van der Waals surface area contributed by atoms with Crippen molar-refractivity contribution in [3.8, 4) is 0 Å². The Kier molecular flexibility index (Phi) is 6.59. The maximum Gasteiger partial charge on any atom is 0.254 e. The van der Waals surface area contributed by atoms with Crippen molar-refractivity contribution in [2.45, 2.75) is 58.2 Å². The molecule has 0 unspecified atom stereocenters. The second-order valence-corrected chi connectivity index (χ2v) is 8.73. The molecule has 1 aromatic heterocycles. The molecular formula is C26H29ClN2O. The van der Waals surface area contributed by atoms with Gasteiger partial charge in [0.2, 0.25) is 0 Å². The number of amides is 1.